The number of carbonyl (C=O) groups excluding carboxylic acids is 1. The van der Waals surface area contributed by atoms with Crippen LogP contribution in [0.4, 0.5) is 5.95 Å². The molecule has 0 unspecified atom stereocenters. The maximum absolute atomic E-state index is 12.4. The summed E-state index contributed by atoms with van der Waals surface area (Å²) >= 11 is 1.80. The molecular formula is C20H26N4O2S. The molecule has 1 aliphatic rings. The monoisotopic (exact) mass is 386 g/mol. The van der Waals surface area contributed by atoms with Gasteiger partial charge in [-0.2, -0.15) is 4.98 Å². The van der Waals surface area contributed by atoms with Crippen molar-refractivity contribution in [3.05, 3.63) is 42.6 Å². The first kappa shape index (κ1) is 19.5. The van der Waals surface area contributed by atoms with Crippen LogP contribution >= 0.6 is 11.8 Å². The van der Waals surface area contributed by atoms with Crippen LogP contribution in [0.3, 0.4) is 0 Å². The van der Waals surface area contributed by atoms with Crippen molar-refractivity contribution in [1.82, 2.24) is 14.9 Å². The normalized spacial score (nSPS) is 14.3. The molecule has 2 heterocycles. The van der Waals surface area contributed by atoms with E-state index in [9.17, 15) is 4.79 Å². The largest absolute Gasteiger partial charge is 0.478 e. The molecule has 0 spiro atoms. The van der Waals surface area contributed by atoms with Crippen molar-refractivity contribution in [2.24, 2.45) is 0 Å². The highest BCUT2D eigenvalue weighted by molar-refractivity contribution is 7.99. The number of piperazine rings is 1. The van der Waals surface area contributed by atoms with Gasteiger partial charge < -0.3 is 14.5 Å². The van der Waals surface area contributed by atoms with Crippen molar-refractivity contribution < 1.29 is 9.53 Å². The Morgan fingerprint density at radius 3 is 2.67 bits per heavy atom. The minimum absolute atomic E-state index is 0.243. The number of ether oxygens (including phenoxy) is 1. The molecule has 144 valence electrons. The number of hydrogen-bond acceptors (Lipinski definition) is 6. The third-order valence-corrected chi connectivity index (χ3v) is 5.47. The molecule has 0 atom stereocenters. The van der Waals surface area contributed by atoms with Crippen LogP contribution in [0.25, 0.3) is 0 Å². The summed E-state index contributed by atoms with van der Waals surface area (Å²) in [7, 11) is 0. The van der Waals surface area contributed by atoms with Crippen LogP contribution in [0.2, 0.25) is 0 Å². The van der Waals surface area contributed by atoms with Crippen molar-refractivity contribution in [1.29, 1.82) is 0 Å². The van der Waals surface area contributed by atoms with E-state index in [0.29, 0.717) is 37.9 Å². The summed E-state index contributed by atoms with van der Waals surface area (Å²) in [4.78, 5) is 26.5. The maximum Gasteiger partial charge on any atom is 0.228 e. The van der Waals surface area contributed by atoms with Crippen molar-refractivity contribution in [2.45, 2.75) is 24.7 Å². The highest BCUT2D eigenvalue weighted by atomic mass is 32.2. The van der Waals surface area contributed by atoms with Gasteiger partial charge in [0.1, 0.15) is 0 Å². The Morgan fingerprint density at radius 1 is 1.15 bits per heavy atom. The van der Waals surface area contributed by atoms with Crippen LogP contribution in [0.15, 0.2) is 47.5 Å². The van der Waals surface area contributed by atoms with Gasteiger partial charge in [-0.1, -0.05) is 18.2 Å². The summed E-state index contributed by atoms with van der Waals surface area (Å²) in [6.07, 6.45) is 3.23. The molecule has 1 amide bonds. The quantitative estimate of drug-likeness (QED) is 0.513. The SMILES string of the molecule is CCOc1ccnc(N2CCN(C(=O)CCCSc3ccccc3)CC2)n1. The third-order valence-electron chi connectivity index (χ3n) is 4.37. The van der Waals surface area contributed by atoms with Crippen LogP contribution < -0.4 is 9.64 Å². The summed E-state index contributed by atoms with van der Waals surface area (Å²) in [6, 6.07) is 12.1. The Morgan fingerprint density at radius 2 is 1.93 bits per heavy atom. The second kappa shape index (κ2) is 10.2. The summed E-state index contributed by atoms with van der Waals surface area (Å²) in [5, 5.41) is 0. The van der Waals surface area contributed by atoms with Gasteiger partial charge in [-0.25, -0.2) is 4.98 Å². The third kappa shape index (κ3) is 5.85. The van der Waals surface area contributed by atoms with Crippen LogP contribution in [0.1, 0.15) is 19.8 Å². The summed E-state index contributed by atoms with van der Waals surface area (Å²) < 4.78 is 5.44. The second-order valence-corrected chi connectivity index (χ2v) is 7.43. The van der Waals surface area contributed by atoms with Gasteiger partial charge in [-0.3, -0.25) is 4.79 Å². The number of hydrogen-bond donors (Lipinski definition) is 0. The van der Waals surface area contributed by atoms with E-state index >= 15 is 0 Å². The number of carbonyl (C=O) groups is 1. The molecule has 27 heavy (non-hydrogen) atoms. The van der Waals surface area contributed by atoms with E-state index in [1.165, 1.54) is 4.90 Å². The fourth-order valence-electron chi connectivity index (χ4n) is 2.96. The van der Waals surface area contributed by atoms with Gasteiger partial charge in [0.05, 0.1) is 6.61 Å². The highest BCUT2D eigenvalue weighted by Crippen LogP contribution is 2.19. The van der Waals surface area contributed by atoms with E-state index < -0.39 is 0 Å². The second-order valence-electron chi connectivity index (χ2n) is 6.26. The molecule has 0 saturated carbocycles. The van der Waals surface area contributed by atoms with Gasteiger partial charge in [0.15, 0.2) is 0 Å². The Labute approximate surface area is 164 Å². The molecule has 2 aromatic rings. The Balaban J connectivity index is 1.39. The van der Waals surface area contributed by atoms with Gasteiger partial charge in [-0.05, 0) is 31.2 Å². The van der Waals surface area contributed by atoms with Gasteiger partial charge in [0.2, 0.25) is 17.7 Å². The highest BCUT2D eigenvalue weighted by Gasteiger charge is 2.22. The number of nitrogens with zero attached hydrogens (tertiary/aromatic N) is 4. The molecule has 0 bridgehead atoms. The molecule has 6 nitrogen and oxygen atoms in total. The van der Waals surface area contributed by atoms with Gasteiger partial charge >= 0.3 is 0 Å². The zero-order chi connectivity index (χ0) is 18.9. The molecular weight excluding hydrogens is 360 g/mol. The average molecular weight is 387 g/mol. The number of rotatable bonds is 8. The van der Waals surface area contributed by atoms with Crippen molar-refractivity contribution >= 4 is 23.6 Å². The number of anilines is 1. The van der Waals surface area contributed by atoms with Gasteiger partial charge in [0, 0.05) is 49.8 Å². The first-order valence-electron chi connectivity index (χ1n) is 9.42. The lowest BCUT2D eigenvalue weighted by Gasteiger charge is -2.34. The number of aromatic nitrogens is 2. The number of benzene rings is 1. The molecule has 0 aliphatic carbocycles. The molecule has 7 heteroatoms. The maximum atomic E-state index is 12.4. The van der Waals surface area contributed by atoms with Crippen LogP contribution in [0, 0.1) is 0 Å². The Kier molecular flexibility index (Phi) is 7.33. The fourth-order valence-corrected chi connectivity index (χ4v) is 3.83. The van der Waals surface area contributed by atoms with Gasteiger partial charge in [-0.15, -0.1) is 11.8 Å². The van der Waals surface area contributed by atoms with Gasteiger partial charge in [0.25, 0.3) is 0 Å². The molecule has 1 aromatic carbocycles. The minimum atomic E-state index is 0.243. The van der Waals surface area contributed by atoms with Crippen LogP contribution in [-0.2, 0) is 4.79 Å². The predicted octanol–water partition coefficient (Wildman–Crippen LogP) is 3.10. The van der Waals surface area contributed by atoms with Crippen molar-refractivity contribution in [3.63, 3.8) is 0 Å². The lowest BCUT2D eigenvalue weighted by Crippen LogP contribution is -2.49. The lowest BCUT2D eigenvalue weighted by atomic mass is 10.2. The summed E-state index contributed by atoms with van der Waals surface area (Å²) in [6.45, 7) is 5.45. The molecule has 1 aliphatic heterocycles. The zero-order valence-electron chi connectivity index (χ0n) is 15.7. The molecule has 0 N–H and O–H groups in total. The number of amides is 1. The van der Waals surface area contributed by atoms with E-state index in [1.54, 1.807) is 24.0 Å². The van der Waals surface area contributed by atoms with E-state index in [0.717, 1.165) is 25.3 Å². The Bertz CT molecular complexity index is 721. The average Bonchev–Trinajstić information content (AvgIpc) is 2.72. The molecule has 0 radical (unpaired) electrons. The zero-order valence-corrected chi connectivity index (χ0v) is 16.5. The first-order chi connectivity index (χ1) is 13.3. The standard InChI is InChI=1S/C20H26N4O2S/c1-2-26-18-10-11-21-20(22-18)24-14-12-23(13-15-24)19(25)9-6-16-27-17-7-4-3-5-8-17/h3-5,7-8,10-11H,2,6,9,12-16H2,1H3. The van der Waals surface area contributed by atoms with Crippen LogP contribution in [0.5, 0.6) is 5.88 Å². The first-order valence-corrected chi connectivity index (χ1v) is 10.4. The molecule has 1 aromatic heterocycles. The number of thioether (sulfide) groups is 1. The Hall–Kier alpha value is -2.28. The van der Waals surface area contributed by atoms with E-state index in [2.05, 4.69) is 27.0 Å². The lowest BCUT2D eigenvalue weighted by molar-refractivity contribution is -0.131. The molecule has 1 saturated heterocycles. The fraction of sp³-hybridized carbons (Fsp3) is 0.450. The summed E-state index contributed by atoms with van der Waals surface area (Å²) in [5.74, 6) is 2.48. The van der Waals surface area contributed by atoms with Crippen LogP contribution in [-0.4, -0.2) is 59.3 Å². The predicted molar refractivity (Wildman–Crippen MR) is 108 cm³/mol. The summed E-state index contributed by atoms with van der Waals surface area (Å²) in [5.41, 5.74) is 0. The van der Waals surface area contributed by atoms with Crippen molar-refractivity contribution in [2.75, 3.05) is 43.4 Å². The minimum Gasteiger partial charge on any atom is -0.478 e. The van der Waals surface area contributed by atoms with Crippen molar-refractivity contribution in [3.8, 4) is 5.88 Å². The smallest absolute Gasteiger partial charge is 0.228 e. The topological polar surface area (TPSA) is 58.6 Å². The molecule has 1 fully saturated rings. The molecule has 3 rings (SSSR count). The van der Waals surface area contributed by atoms with E-state index in [1.807, 2.05) is 30.0 Å². The van der Waals surface area contributed by atoms with E-state index in [-0.39, 0.29) is 5.91 Å². The van der Waals surface area contributed by atoms with E-state index in [4.69, 9.17) is 4.74 Å².